The van der Waals surface area contributed by atoms with E-state index in [0.717, 1.165) is 47.5 Å². The zero-order valence-electron chi connectivity index (χ0n) is 19.6. The fourth-order valence-electron chi connectivity index (χ4n) is 4.78. The summed E-state index contributed by atoms with van der Waals surface area (Å²) in [6, 6.07) is 15.3. The van der Waals surface area contributed by atoms with Gasteiger partial charge in [0.05, 0.1) is 10.9 Å². The van der Waals surface area contributed by atoms with Gasteiger partial charge >= 0.3 is 0 Å². The van der Waals surface area contributed by atoms with E-state index in [4.69, 9.17) is 4.98 Å². The summed E-state index contributed by atoms with van der Waals surface area (Å²) in [6.45, 7) is 13.9. The largest absolute Gasteiger partial charge is 0.301 e. The maximum atomic E-state index is 13.5. The molecule has 1 aromatic heterocycles. The Morgan fingerprint density at radius 2 is 1.84 bits per heavy atom. The minimum Gasteiger partial charge on any atom is -0.301 e. The molecule has 1 aliphatic heterocycles. The van der Waals surface area contributed by atoms with Gasteiger partial charge in [-0.15, -0.1) is 0 Å². The second kappa shape index (κ2) is 8.96. The predicted molar refractivity (Wildman–Crippen MR) is 130 cm³/mol. The average molecular weight is 418 g/mol. The topological polar surface area (TPSA) is 38.1 Å². The number of piperidine rings is 1. The van der Waals surface area contributed by atoms with Crippen molar-refractivity contribution >= 4 is 10.9 Å². The van der Waals surface area contributed by atoms with E-state index < -0.39 is 0 Å². The van der Waals surface area contributed by atoms with Gasteiger partial charge in [0.25, 0.3) is 5.56 Å². The Morgan fingerprint density at radius 3 is 2.58 bits per heavy atom. The van der Waals surface area contributed by atoms with Crippen LogP contribution in [0.2, 0.25) is 0 Å². The number of aryl methyl sites for hydroxylation is 1. The van der Waals surface area contributed by atoms with Crippen molar-refractivity contribution in [2.75, 3.05) is 13.1 Å². The van der Waals surface area contributed by atoms with Gasteiger partial charge in [-0.1, -0.05) is 44.2 Å². The van der Waals surface area contributed by atoms with E-state index >= 15 is 0 Å². The van der Waals surface area contributed by atoms with Crippen LogP contribution < -0.4 is 5.56 Å². The van der Waals surface area contributed by atoms with Crippen molar-refractivity contribution in [2.24, 2.45) is 5.92 Å². The molecule has 0 spiro atoms. The molecular weight excluding hydrogens is 382 g/mol. The van der Waals surface area contributed by atoms with Crippen LogP contribution in [0, 0.1) is 12.8 Å². The SMILES string of the molecule is Cc1nc2ccc(-c3cccc(C(C)C)c3)cc2c(=O)n1C[C@H]1CCCN(C(C)C)C1. The van der Waals surface area contributed by atoms with Crippen molar-refractivity contribution in [2.45, 2.75) is 66.0 Å². The molecule has 0 aliphatic carbocycles. The zero-order chi connectivity index (χ0) is 22.1. The van der Waals surface area contributed by atoms with E-state index in [-0.39, 0.29) is 5.56 Å². The van der Waals surface area contributed by atoms with Crippen molar-refractivity contribution in [3.05, 3.63) is 64.2 Å². The molecule has 0 unspecified atom stereocenters. The second-order valence-corrected chi connectivity index (χ2v) is 9.68. The van der Waals surface area contributed by atoms with Crippen LogP contribution in [0.4, 0.5) is 0 Å². The van der Waals surface area contributed by atoms with Crippen LogP contribution in [-0.2, 0) is 6.54 Å². The first-order valence-corrected chi connectivity index (χ1v) is 11.7. The maximum absolute atomic E-state index is 13.5. The van der Waals surface area contributed by atoms with Crippen LogP contribution in [0.25, 0.3) is 22.0 Å². The molecule has 0 N–H and O–H groups in total. The van der Waals surface area contributed by atoms with E-state index in [2.05, 4.69) is 62.9 Å². The van der Waals surface area contributed by atoms with Gasteiger partial charge in [-0.3, -0.25) is 9.36 Å². The van der Waals surface area contributed by atoms with Crippen LogP contribution in [0.5, 0.6) is 0 Å². The summed E-state index contributed by atoms with van der Waals surface area (Å²) < 4.78 is 1.91. The molecule has 164 valence electrons. The number of aromatic nitrogens is 2. The normalized spacial score (nSPS) is 17.7. The molecule has 3 aromatic rings. The molecule has 0 radical (unpaired) electrons. The second-order valence-electron chi connectivity index (χ2n) is 9.68. The molecule has 1 saturated heterocycles. The molecule has 2 aromatic carbocycles. The molecule has 0 amide bonds. The number of benzene rings is 2. The standard InChI is InChI=1S/C27H35N3O/c1-18(2)22-9-6-10-23(14-22)24-11-12-26-25(15-24)27(31)30(20(5)28-26)17-21-8-7-13-29(16-21)19(3)4/h6,9-12,14-15,18-19,21H,7-8,13,16-17H2,1-5H3/t21-/m0/s1. The molecule has 4 heteroatoms. The minimum absolute atomic E-state index is 0.0889. The van der Waals surface area contributed by atoms with Crippen LogP contribution in [0.1, 0.15) is 57.8 Å². The Kier molecular flexibility index (Phi) is 6.29. The number of likely N-dealkylation sites (tertiary alicyclic amines) is 1. The van der Waals surface area contributed by atoms with Crippen LogP contribution in [-0.4, -0.2) is 33.6 Å². The fourth-order valence-corrected chi connectivity index (χ4v) is 4.78. The molecular formula is C27H35N3O. The molecule has 1 aliphatic rings. The first kappa shape index (κ1) is 21.8. The lowest BCUT2D eigenvalue weighted by molar-refractivity contribution is 0.129. The molecule has 1 fully saturated rings. The lowest BCUT2D eigenvalue weighted by Gasteiger charge is -2.35. The van der Waals surface area contributed by atoms with Gasteiger partial charge in [-0.2, -0.15) is 0 Å². The fraction of sp³-hybridized carbons (Fsp3) is 0.481. The number of nitrogens with zero attached hydrogens (tertiary/aromatic N) is 3. The monoisotopic (exact) mass is 417 g/mol. The van der Waals surface area contributed by atoms with Gasteiger partial charge in [0.15, 0.2) is 0 Å². The van der Waals surface area contributed by atoms with E-state index in [1.165, 1.54) is 18.4 Å². The Hall–Kier alpha value is -2.46. The summed E-state index contributed by atoms with van der Waals surface area (Å²) in [7, 11) is 0. The van der Waals surface area contributed by atoms with Crippen LogP contribution in [0.15, 0.2) is 47.3 Å². The highest BCUT2D eigenvalue weighted by molar-refractivity contribution is 5.84. The Balaban J connectivity index is 1.70. The number of fused-ring (bicyclic) bond motifs is 1. The zero-order valence-corrected chi connectivity index (χ0v) is 19.6. The molecule has 1 atom stereocenters. The van der Waals surface area contributed by atoms with Crippen molar-refractivity contribution in [3.63, 3.8) is 0 Å². The molecule has 4 nitrogen and oxygen atoms in total. The molecule has 4 rings (SSSR count). The number of hydrogen-bond donors (Lipinski definition) is 0. The summed E-state index contributed by atoms with van der Waals surface area (Å²) >= 11 is 0. The highest BCUT2D eigenvalue weighted by Crippen LogP contribution is 2.26. The van der Waals surface area contributed by atoms with Crippen molar-refractivity contribution < 1.29 is 0 Å². The third-order valence-electron chi connectivity index (χ3n) is 6.75. The highest BCUT2D eigenvalue weighted by Gasteiger charge is 2.23. The van der Waals surface area contributed by atoms with Crippen molar-refractivity contribution in [3.8, 4) is 11.1 Å². The Morgan fingerprint density at radius 1 is 1.06 bits per heavy atom. The Labute approximate surface area is 185 Å². The smallest absolute Gasteiger partial charge is 0.261 e. The average Bonchev–Trinajstić information content (AvgIpc) is 2.76. The summed E-state index contributed by atoms with van der Waals surface area (Å²) in [6.07, 6.45) is 2.38. The molecule has 0 bridgehead atoms. The van der Waals surface area contributed by atoms with Crippen LogP contribution >= 0.6 is 0 Å². The summed E-state index contributed by atoms with van der Waals surface area (Å²) in [5.74, 6) is 1.79. The van der Waals surface area contributed by atoms with E-state index in [0.29, 0.717) is 17.9 Å². The molecule has 2 heterocycles. The number of hydrogen-bond acceptors (Lipinski definition) is 3. The molecule has 31 heavy (non-hydrogen) atoms. The van der Waals surface area contributed by atoms with E-state index in [1.807, 2.05) is 23.6 Å². The van der Waals surface area contributed by atoms with Crippen LogP contribution in [0.3, 0.4) is 0 Å². The van der Waals surface area contributed by atoms with E-state index in [1.54, 1.807) is 0 Å². The minimum atomic E-state index is 0.0889. The van der Waals surface area contributed by atoms with Gasteiger partial charge < -0.3 is 4.90 Å². The molecule has 0 saturated carbocycles. The third-order valence-corrected chi connectivity index (χ3v) is 6.75. The summed E-state index contributed by atoms with van der Waals surface area (Å²) in [5, 5.41) is 0.717. The third kappa shape index (κ3) is 4.59. The quantitative estimate of drug-likeness (QED) is 0.541. The van der Waals surface area contributed by atoms with Crippen molar-refractivity contribution in [1.82, 2.24) is 14.5 Å². The van der Waals surface area contributed by atoms with Gasteiger partial charge in [0.1, 0.15) is 5.82 Å². The van der Waals surface area contributed by atoms with Gasteiger partial charge in [-0.05, 0) is 80.8 Å². The van der Waals surface area contributed by atoms with E-state index in [9.17, 15) is 4.79 Å². The van der Waals surface area contributed by atoms with Gasteiger partial charge in [-0.25, -0.2) is 4.98 Å². The van der Waals surface area contributed by atoms with Crippen molar-refractivity contribution in [1.29, 1.82) is 0 Å². The lowest BCUT2D eigenvalue weighted by Crippen LogP contribution is -2.42. The predicted octanol–water partition coefficient (Wildman–Crippen LogP) is 5.62. The first-order valence-electron chi connectivity index (χ1n) is 11.7. The summed E-state index contributed by atoms with van der Waals surface area (Å²) in [4.78, 5) is 20.8. The highest BCUT2D eigenvalue weighted by atomic mass is 16.1. The lowest BCUT2D eigenvalue weighted by atomic mass is 9.96. The summed E-state index contributed by atoms with van der Waals surface area (Å²) in [5.41, 5.74) is 4.41. The first-order chi connectivity index (χ1) is 14.8. The van der Waals surface area contributed by atoms with Gasteiger partial charge in [0.2, 0.25) is 0 Å². The Bertz CT molecular complexity index is 1130. The van der Waals surface area contributed by atoms with Gasteiger partial charge in [0, 0.05) is 19.1 Å². The number of rotatable bonds is 5. The maximum Gasteiger partial charge on any atom is 0.261 e.